The lowest BCUT2D eigenvalue weighted by atomic mass is 10.2. The fraction of sp³-hybridized carbons (Fsp3) is 0.500. The molecule has 5 nitrogen and oxygen atoms in total. The van der Waals surface area contributed by atoms with Crippen LogP contribution >= 0.6 is 7.60 Å². The largest absolute Gasteiger partial charge is 0.418 e. The third-order valence-electron chi connectivity index (χ3n) is 2.48. The quantitative estimate of drug-likeness (QED) is 0.714. The van der Waals surface area contributed by atoms with Crippen LogP contribution in [0.3, 0.4) is 0 Å². The van der Waals surface area contributed by atoms with Gasteiger partial charge in [-0.15, -0.1) is 0 Å². The van der Waals surface area contributed by atoms with Gasteiger partial charge < -0.3 is 14.4 Å². The van der Waals surface area contributed by atoms with Crippen LogP contribution in [0.25, 0.3) is 0 Å². The van der Waals surface area contributed by atoms with Crippen LogP contribution in [0.2, 0.25) is 0 Å². The van der Waals surface area contributed by atoms with Crippen molar-refractivity contribution >= 4 is 18.9 Å². The molecular formula is C14H22NO4P. The van der Waals surface area contributed by atoms with Crippen LogP contribution in [-0.2, 0) is 13.6 Å². The molecule has 0 saturated carbocycles. The summed E-state index contributed by atoms with van der Waals surface area (Å²) < 4.78 is 22.8. The van der Waals surface area contributed by atoms with Crippen molar-refractivity contribution < 1.29 is 18.4 Å². The van der Waals surface area contributed by atoms with Crippen LogP contribution in [0, 0.1) is 6.92 Å². The van der Waals surface area contributed by atoms with Gasteiger partial charge in [0.1, 0.15) is 0 Å². The molecule has 0 aliphatic heterocycles. The number of carbonyl (C=O) groups excluding carboxylic acids is 1. The van der Waals surface area contributed by atoms with Gasteiger partial charge in [-0.05, 0) is 31.9 Å². The topological polar surface area (TPSA) is 64.6 Å². The first kappa shape index (κ1) is 16.9. The molecule has 6 heteroatoms. The number of amides is 1. The van der Waals surface area contributed by atoms with Crippen LogP contribution in [0.4, 0.5) is 10.5 Å². The number of rotatable bonds is 8. The lowest BCUT2D eigenvalue weighted by molar-refractivity contribution is 0.200. The van der Waals surface area contributed by atoms with Crippen LogP contribution in [0.5, 0.6) is 0 Å². The maximum atomic E-state index is 12.4. The van der Waals surface area contributed by atoms with E-state index in [0.717, 1.165) is 5.56 Å². The van der Waals surface area contributed by atoms with E-state index < -0.39 is 13.2 Å². The summed E-state index contributed by atoms with van der Waals surface area (Å²) in [6, 6.07) is 7.22. The summed E-state index contributed by atoms with van der Waals surface area (Å²) in [5.41, 5.74) is 0.930. The van der Waals surface area contributed by atoms with E-state index in [0.29, 0.717) is 18.5 Å². The van der Waals surface area contributed by atoms with Crippen molar-refractivity contribution in [1.29, 1.82) is 0 Å². The first-order valence-electron chi connectivity index (χ1n) is 6.79. The molecule has 0 heterocycles. The Bertz CT molecular complexity index is 461. The molecule has 0 saturated heterocycles. The van der Waals surface area contributed by atoms with E-state index in [1.54, 1.807) is 12.1 Å². The summed E-state index contributed by atoms with van der Waals surface area (Å²) in [6.07, 6.45) is 1.33. The molecule has 20 heavy (non-hydrogen) atoms. The SMILES string of the molecule is CCCOP(=O)(OCCC)C(=O)Nc1ccc(C)cc1. The van der Waals surface area contributed by atoms with E-state index in [-0.39, 0.29) is 13.2 Å². The second-order valence-electron chi connectivity index (χ2n) is 4.46. The molecule has 0 fully saturated rings. The van der Waals surface area contributed by atoms with Crippen molar-refractivity contribution in [2.75, 3.05) is 18.5 Å². The first-order chi connectivity index (χ1) is 9.51. The number of aryl methyl sites for hydroxylation is 1. The molecule has 0 aliphatic rings. The van der Waals surface area contributed by atoms with Gasteiger partial charge in [0.2, 0.25) is 0 Å². The molecule has 0 unspecified atom stereocenters. The fourth-order valence-corrected chi connectivity index (χ4v) is 2.83. The van der Waals surface area contributed by atoms with E-state index >= 15 is 0 Å². The monoisotopic (exact) mass is 299 g/mol. The van der Waals surface area contributed by atoms with Crippen molar-refractivity contribution in [2.45, 2.75) is 33.6 Å². The van der Waals surface area contributed by atoms with Gasteiger partial charge in [-0.25, -0.2) is 4.57 Å². The van der Waals surface area contributed by atoms with Crippen molar-refractivity contribution in [3.8, 4) is 0 Å². The van der Waals surface area contributed by atoms with Crippen LogP contribution in [-0.4, -0.2) is 18.9 Å². The first-order valence-corrected chi connectivity index (χ1v) is 8.33. The fourth-order valence-electron chi connectivity index (χ4n) is 1.41. The number of benzene rings is 1. The third-order valence-corrected chi connectivity index (χ3v) is 4.14. The van der Waals surface area contributed by atoms with Crippen molar-refractivity contribution in [3.63, 3.8) is 0 Å². The van der Waals surface area contributed by atoms with Gasteiger partial charge in [0, 0.05) is 5.69 Å². The minimum absolute atomic E-state index is 0.225. The van der Waals surface area contributed by atoms with Crippen molar-refractivity contribution in [3.05, 3.63) is 29.8 Å². The molecule has 0 bridgehead atoms. The zero-order valence-electron chi connectivity index (χ0n) is 12.2. The second-order valence-corrected chi connectivity index (χ2v) is 6.38. The summed E-state index contributed by atoms with van der Waals surface area (Å²) in [7, 11) is -3.77. The van der Waals surface area contributed by atoms with Gasteiger partial charge >= 0.3 is 13.2 Å². The average molecular weight is 299 g/mol. The summed E-state index contributed by atoms with van der Waals surface area (Å²) in [4.78, 5) is 12.1. The molecule has 0 aliphatic carbocycles. The minimum Gasteiger partial charge on any atom is -0.316 e. The summed E-state index contributed by atoms with van der Waals surface area (Å²) in [6.45, 7) is 6.15. The van der Waals surface area contributed by atoms with Gasteiger partial charge in [-0.3, -0.25) is 4.79 Å². The molecule has 1 aromatic carbocycles. The number of hydrogen-bond donors (Lipinski definition) is 1. The normalized spacial score (nSPS) is 11.3. The van der Waals surface area contributed by atoms with Crippen molar-refractivity contribution in [2.24, 2.45) is 0 Å². The van der Waals surface area contributed by atoms with E-state index in [1.165, 1.54) is 0 Å². The average Bonchev–Trinajstić information content (AvgIpc) is 2.45. The van der Waals surface area contributed by atoms with Gasteiger partial charge in [0.25, 0.3) is 0 Å². The van der Waals surface area contributed by atoms with E-state index in [4.69, 9.17) is 9.05 Å². The molecule has 1 amide bonds. The Labute approximate surface area is 120 Å². The Hall–Kier alpha value is -1.16. The smallest absolute Gasteiger partial charge is 0.316 e. The van der Waals surface area contributed by atoms with Crippen LogP contribution in [0.15, 0.2) is 24.3 Å². The van der Waals surface area contributed by atoms with E-state index in [1.807, 2.05) is 32.9 Å². The Morgan fingerprint density at radius 1 is 1.10 bits per heavy atom. The van der Waals surface area contributed by atoms with Crippen LogP contribution < -0.4 is 5.32 Å². The highest BCUT2D eigenvalue weighted by Crippen LogP contribution is 2.49. The molecule has 1 rings (SSSR count). The highest BCUT2D eigenvalue weighted by molar-refractivity contribution is 7.72. The molecule has 0 spiro atoms. The maximum Gasteiger partial charge on any atom is 0.418 e. The molecule has 0 atom stereocenters. The molecule has 112 valence electrons. The molecule has 0 radical (unpaired) electrons. The zero-order valence-corrected chi connectivity index (χ0v) is 13.1. The highest BCUT2D eigenvalue weighted by atomic mass is 31.2. The number of carbonyl (C=O) groups is 1. The van der Waals surface area contributed by atoms with Gasteiger partial charge in [0.05, 0.1) is 13.2 Å². The Morgan fingerprint density at radius 3 is 2.05 bits per heavy atom. The summed E-state index contributed by atoms with van der Waals surface area (Å²) in [5.74, 6) is 0. The second kappa shape index (κ2) is 8.20. The lowest BCUT2D eigenvalue weighted by Gasteiger charge is -2.17. The molecular weight excluding hydrogens is 277 g/mol. The lowest BCUT2D eigenvalue weighted by Crippen LogP contribution is -2.15. The van der Waals surface area contributed by atoms with E-state index in [9.17, 15) is 9.36 Å². The predicted molar refractivity (Wildman–Crippen MR) is 80.3 cm³/mol. The summed E-state index contributed by atoms with van der Waals surface area (Å²) >= 11 is 0. The Balaban J connectivity index is 2.76. The number of anilines is 1. The van der Waals surface area contributed by atoms with Gasteiger partial charge in [-0.2, -0.15) is 0 Å². The summed E-state index contributed by atoms with van der Waals surface area (Å²) in [5, 5.41) is 2.58. The highest BCUT2D eigenvalue weighted by Gasteiger charge is 2.34. The standard InChI is InChI=1S/C14H22NO4P/c1-4-10-18-20(17,19-11-5-2)14(16)15-13-8-6-12(3)7-9-13/h6-9H,4-5,10-11H2,1-3H3,(H,15,16). The van der Waals surface area contributed by atoms with Gasteiger partial charge in [-0.1, -0.05) is 31.5 Å². The minimum atomic E-state index is -3.77. The zero-order chi connectivity index (χ0) is 15.0. The van der Waals surface area contributed by atoms with E-state index in [2.05, 4.69) is 5.32 Å². The van der Waals surface area contributed by atoms with Crippen LogP contribution in [0.1, 0.15) is 32.3 Å². The maximum absolute atomic E-state index is 12.4. The van der Waals surface area contributed by atoms with Crippen molar-refractivity contribution in [1.82, 2.24) is 0 Å². The van der Waals surface area contributed by atoms with Gasteiger partial charge in [0.15, 0.2) is 0 Å². The Kier molecular flexibility index (Phi) is 6.93. The molecule has 1 aromatic rings. The third kappa shape index (κ3) is 5.08. The predicted octanol–water partition coefficient (Wildman–Crippen LogP) is 4.57. The molecule has 0 aromatic heterocycles. The number of hydrogen-bond acceptors (Lipinski definition) is 4. The number of nitrogens with one attached hydrogen (secondary N) is 1. The molecule has 1 N–H and O–H groups in total. The Morgan fingerprint density at radius 2 is 1.60 bits per heavy atom.